The van der Waals surface area contributed by atoms with E-state index in [-0.39, 0.29) is 6.61 Å². The minimum atomic E-state index is -0.467. The number of benzene rings is 2. The van der Waals surface area contributed by atoms with E-state index in [1.165, 1.54) is 0 Å². The maximum atomic E-state index is 11.7. The number of amides is 1. The summed E-state index contributed by atoms with van der Waals surface area (Å²) in [6.45, 7) is 0.541. The van der Waals surface area contributed by atoms with Crippen molar-refractivity contribution in [3.8, 4) is 0 Å². The van der Waals surface area contributed by atoms with Crippen molar-refractivity contribution in [1.82, 2.24) is 5.32 Å². The molecule has 0 bridgehead atoms. The molecule has 0 spiro atoms. The molecular formula is C17H14BrNO3. The fourth-order valence-electron chi connectivity index (χ4n) is 2.09. The second-order valence-electron chi connectivity index (χ2n) is 4.81. The first-order chi connectivity index (χ1) is 10.7. The summed E-state index contributed by atoms with van der Waals surface area (Å²) in [5.74, 6) is 0.685. The van der Waals surface area contributed by atoms with Crippen molar-refractivity contribution < 1.29 is 13.9 Å². The molecule has 1 aromatic heterocycles. The Labute approximate surface area is 136 Å². The molecule has 1 amide bonds. The Balaban J connectivity index is 1.53. The van der Waals surface area contributed by atoms with E-state index in [4.69, 9.17) is 9.15 Å². The van der Waals surface area contributed by atoms with Gasteiger partial charge in [0.05, 0.1) is 6.54 Å². The number of rotatable bonds is 4. The van der Waals surface area contributed by atoms with Gasteiger partial charge in [-0.1, -0.05) is 46.3 Å². The molecule has 4 nitrogen and oxygen atoms in total. The number of hydrogen-bond donors (Lipinski definition) is 1. The van der Waals surface area contributed by atoms with Crippen molar-refractivity contribution in [2.24, 2.45) is 0 Å². The molecule has 0 radical (unpaired) electrons. The van der Waals surface area contributed by atoms with Crippen LogP contribution in [0.25, 0.3) is 11.0 Å². The third kappa shape index (κ3) is 3.68. The molecule has 0 atom stereocenters. The number of furan rings is 1. The van der Waals surface area contributed by atoms with E-state index >= 15 is 0 Å². The SMILES string of the molecule is O=C(NCc1cc2cc(Br)ccc2o1)OCc1ccccc1. The molecular weight excluding hydrogens is 346 g/mol. The lowest BCUT2D eigenvalue weighted by Crippen LogP contribution is -2.23. The van der Waals surface area contributed by atoms with Gasteiger partial charge in [-0.25, -0.2) is 4.79 Å². The zero-order valence-corrected chi connectivity index (χ0v) is 13.3. The standard InChI is InChI=1S/C17H14BrNO3/c18-14-6-7-16-13(8-14)9-15(22-16)10-19-17(20)21-11-12-4-2-1-3-5-12/h1-9H,10-11H2,(H,19,20). The second kappa shape index (κ2) is 6.66. The van der Waals surface area contributed by atoms with E-state index in [1.807, 2.05) is 54.6 Å². The Morgan fingerprint density at radius 1 is 1.14 bits per heavy atom. The highest BCUT2D eigenvalue weighted by Crippen LogP contribution is 2.23. The fourth-order valence-corrected chi connectivity index (χ4v) is 2.47. The summed E-state index contributed by atoms with van der Waals surface area (Å²) in [5.41, 5.74) is 1.74. The summed E-state index contributed by atoms with van der Waals surface area (Å²) >= 11 is 3.42. The van der Waals surface area contributed by atoms with Crippen LogP contribution in [0.5, 0.6) is 0 Å². The molecule has 0 fully saturated rings. The monoisotopic (exact) mass is 359 g/mol. The van der Waals surface area contributed by atoms with Gasteiger partial charge in [-0.05, 0) is 29.8 Å². The highest BCUT2D eigenvalue weighted by Gasteiger charge is 2.07. The topological polar surface area (TPSA) is 51.5 Å². The summed E-state index contributed by atoms with van der Waals surface area (Å²) in [6, 6.07) is 17.2. The largest absolute Gasteiger partial charge is 0.459 e. The number of hydrogen-bond acceptors (Lipinski definition) is 3. The fraction of sp³-hybridized carbons (Fsp3) is 0.118. The first kappa shape index (κ1) is 14.7. The number of fused-ring (bicyclic) bond motifs is 1. The molecule has 0 saturated carbocycles. The Morgan fingerprint density at radius 3 is 2.77 bits per heavy atom. The average molecular weight is 360 g/mol. The molecule has 22 heavy (non-hydrogen) atoms. The van der Waals surface area contributed by atoms with Crippen molar-refractivity contribution in [1.29, 1.82) is 0 Å². The number of nitrogens with one attached hydrogen (secondary N) is 1. The zero-order chi connectivity index (χ0) is 15.4. The number of alkyl carbamates (subject to hydrolysis) is 1. The normalized spacial score (nSPS) is 10.6. The molecule has 0 unspecified atom stereocenters. The predicted molar refractivity (Wildman–Crippen MR) is 87.4 cm³/mol. The van der Waals surface area contributed by atoms with Gasteiger partial charge in [-0.3, -0.25) is 0 Å². The molecule has 112 valence electrons. The van der Waals surface area contributed by atoms with Crippen LogP contribution in [0.4, 0.5) is 4.79 Å². The highest BCUT2D eigenvalue weighted by molar-refractivity contribution is 9.10. The van der Waals surface area contributed by atoms with Gasteiger partial charge in [0.1, 0.15) is 18.0 Å². The van der Waals surface area contributed by atoms with Gasteiger partial charge in [0.15, 0.2) is 0 Å². The zero-order valence-electron chi connectivity index (χ0n) is 11.7. The summed E-state index contributed by atoms with van der Waals surface area (Å²) in [7, 11) is 0. The number of carbonyl (C=O) groups excluding carboxylic acids is 1. The molecule has 3 aromatic rings. The Kier molecular flexibility index (Phi) is 4.44. The first-order valence-corrected chi connectivity index (χ1v) is 7.62. The minimum Gasteiger partial charge on any atom is -0.459 e. The van der Waals surface area contributed by atoms with Crippen LogP contribution in [0.1, 0.15) is 11.3 Å². The number of carbonyl (C=O) groups is 1. The first-order valence-electron chi connectivity index (χ1n) is 6.83. The lowest BCUT2D eigenvalue weighted by Gasteiger charge is -2.05. The van der Waals surface area contributed by atoms with E-state index < -0.39 is 6.09 Å². The molecule has 0 aliphatic rings. The lowest BCUT2D eigenvalue weighted by molar-refractivity contribution is 0.138. The van der Waals surface area contributed by atoms with Crippen LogP contribution in [0.3, 0.4) is 0 Å². The van der Waals surface area contributed by atoms with Gasteiger partial charge < -0.3 is 14.5 Å². The van der Waals surface area contributed by atoms with Gasteiger partial charge in [0.2, 0.25) is 0 Å². The van der Waals surface area contributed by atoms with Crippen molar-refractivity contribution in [2.75, 3.05) is 0 Å². The molecule has 5 heteroatoms. The minimum absolute atomic E-state index is 0.250. The molecule has 3 rings (SSSR count). The maximum Gasteiger partial charge on any atom is 0.407 e. The van der Waals surface area contributed by atoms with E-state index in [2.05, 4.69) is 21.2 Å². The third-order valence-electron chi connectivity index (χ3n) is 3.15. The summed E-state index contributed by atoms with van der Waals surface area (Å²) in [4.78, 5) is 11.7. The highest BCUT2D eigenvalue weighted by atomic mass is 79.9. The lowest BCUT2D eigenvalue weighted by atomic mass is 10.2. The quantitative estimate of drug-likeness (QED) is 0.739. The van der Waals surface area contributed by atoms with Crippen LogP contribution in [-0.2, 0) is 17.9 Å². The van der Waals surface area contributed by atoms with Crippen LogP contribution >= 0.6 is 15.9 Å². The van der Waals surface area contributed by atoms with Gasteiger partial charge in [-0.2, -0.15) is 0 Å². The van der Waals surface area contributed by atoms with E-state index in [0.29, 0.717) is 12.3 Å². The maximum absolute atomic E-state index is 11.7. The number of ether oxygens (including phenoxy) is 1. The van der Waals surface area contributed by atoms with Crippen molar-refractivity contribution in [3.63, 3.8) is 0 Å². The summed E-state index contributed by atoms with van der Waals surface area (Å²) < 4.78 is 11.8. The Morgan fingerprint density at radius 2 is 1.95 bits per heavy atom. The van der Waals surface area contributed by atoms with Crippen molar-refractivity contribution in [2.45, 2.75) is 13.2 Å². The van der Waals surface area contributed by atoms with E-state index in [1.54, 1.807) is 0 Å². The van der Waals surface area contributed by atoms with Crippen molar-refractivity contribution in [3.05, 3.63) is 70.4 Å². The van der Waals surface area contributed by atoms with Crippen LogP contribution in [0, 0.1) is 0 Å². The van der Waals surface area contributed by atoms with E-state index in [0.717, 1.165) is 21.0 Å². The van der Waals surface area contributed by atoms with Crippen LogP contribution in [-0.4, -0.2) is 6.09 Å². The van der Waals surface area contributed by atoms with Gasteiger partial charge in [0, 0.05) is 9.86 Å². The molecule has 0 saturated heterocycles. The van der Waals surface area contributed by atoms with Gasteiger partial charge >= 0.3 is 6.09 Å². The average Bonchev–Trinajstić information content (AvgIpc) is 2.94. The Hall–Kier alpha value is -2.27. The molecule has 0 aliphatic carbocycles. The van der Waals surface area contributed by atoms with E-state index in [9.17, 15) is 4.79 Å². The molecule has 1 heterocycles. The smallest absolute Gasteiger partial charge is 0.407 e. The summed E-state index contributed by atoms with van der Waals surface area (Å²) in [6.07, 6.45) is -0.467. The third-order valence-corrected chi connectivity index (χ3v) is 3.64. The predicted octanol–water partition coefficient (Wildman–Crippen LogP) is 4.62. The summed E-state index contributed by atoms with van der Waals surface area (Å²) in [5, 5.41) is 3.67. The van der Waals surface area contributed by atoms with Crippen LogP contribution < -0.4 is 5.32 Å². The molecule has 1 N–H and O–H groups in total. The van der Waals surface area contributed by atoms with Gasteiger partial charge in [-0.15, -0.1) is 0 Å². The van der Waals surface area contributed by atoms with Crippen molar-refractivity contribution >= 4 is 33.0 Å². The Bertz CT molecular complexity index is 783. The number of halogens is 1. The molecule has 2 aromatic carbocycles. The van der Waals surface area contributed by atoms with Gasteiger partial charge in [0.25, 0.3) is 0 Å². The van der Waals surface area contributed by atoms with Crippen LogP contribution in [0.2, 0.25) is 0 Å². The second-order valence-corrected chi connectivity index (χ2v) is 5.73. The molecule has 0 aliphatic heterocycles. The van der Waals surface area contributed by atoms with Crippen LogP contribution in [0.15, 0.2) is 63.5 Å².